The lowest BCUT2D eigenvalue weighted by atomic mass is 10.2. The van der Waals surface area contributed by atoms with Crippen LogP contribution >= 0.6 is 15.9 Å². The molecular weight excluding hydrogens is 334 g/mol. The molecule has 7 heteroatoms. The van der Waals surface area contributed by atoms with Crippen LogP contribution in [0.4, 0.5) is 0 Å². The average Bonchev–Trinajstić information content (AvgIpc) is 2.26. The molecule has 0 aliphatic rings. The highest BCUT2D eigenvalue weighted by molar-refractivity contribution is 9.10. The molecule has 0 aromatic heterocycles. The van der Waals surface area contributed by atoms with Crippen molar-refractivity contribution in [2.24, 2.45) is 0 Å². The van der Waals surface area contributed by atoms with E-state index >= 15 is 0 Å². The van der Waals surface area contributed by atoms with Crippen LogP contribution in [0, 0.1) is 0 Å². The fourth-order valence-corrected chi connectivity index (χ4v) is 3.68. The number of sulfonamides is 1. The van der Waals surface area contributed by atoms with Crippen molar-refractivity contribution in [3.05, 3.63) is 22.7 Å². The van der Waals surface area contributed by atoms with Gasteiger partial charge < -0.3 is 9.84 Å². The molecule has 0 radical (unpaired) electrons. The van der Waals surface area contributed by atoms with Crippen LogP contribution in [0.1, 0.15) is 20.3 Å². The maximum absolute atomic E-state index is 12.1. The quantitative estimate of drug-likeness (QED) is 0.820. The first kappa shape index (κ1) is 16.4. The SMILES string of the molecule is COc1ccc(S(=O)(=O)NC(C)CC(C)O)cc1Br. The average molecular weight is 352 g/mol. The van der Waals surface area contributed by atoms with E-state index in [1.165, 1.54) is 19.2 Å². The van der Waals surface area contributed by atoms with Crippen LogP contribution in [-0.2, 0) is 10.0 Å². The van der Waals surface area contributed by atoms with E-state index < -0.39 is 16.1 Å². The Morgan fingerprint density at radius 1 is 1.42 bits per heavy atom. The summed E-state index contributed by atoms with van der Waals surface area (Å²) in [5.74, 6) is 0.566. The second-order valence-electron chi connectivity index (χ2n) is 4.40. The Labute approximate surface area is 122 Å². The van der Waals surface area contributed by atoms with Crippen molar-refractivity contribution in [2.45, 2.75) is 37.3 Å². The van der Waals surface area contributed by atoms with Crippen LogP contribution in [0.15, 0.2) is 27.6 Å². The third-order valence-electron chi connectivity index (χ3n) is 2.48. The van der Waals surface area contributed by atoms with Crippen LogP contribution < -0.4 is 9.46 Å². The number of nitrogens with one attached hydrogen (secondary N) is 1. The minimum Gasteiger partial charge on any atom is -0.496 e. The number of benzene rings is 1. The molecule has 0 saturated carbocycles. The summed E-state index contributed by atoms with van der Waals surface area (Å²) in [4.78, 5) is 0.151. The third kappa shape index (κ3) is 4.76. The van der Waals surface area contributed by atoms with Crippen LogP contribution in [0.25, 0.3) is 0 Å². The summed E-state index contributed by atoms with van der Waals surface area (Å²) in [6, 6.07) is 4.20. The van der Waals surface area contributed by atoms with E-state index in [1.807, 2.05) is 0 Å². The molecule has 0 amide bonds. The Hall–Kier alpha value is -0.630. The first-order valence-electron chi connectivity index (χ1n) is 5.80. The molecule has 108 valence electrons. The summed E-state index contributed by atoms with van der Waals surface area (Å²) in [6.45, 7) is 3.33. The predicted molar refractivity (Wildman–Crippen MR) is 76.8 cm³/mol. The molecule has 0 bridgehead atoms. The van der Waals surface area contributed by atoms with E-state index in [-0.39, 0.29) is 10.9 Å². The normalized spacial score (nSPS) is 15.0. The minimum absolute atomic E-state index is 0.151. The minimum atomic E-state index is -3.60. The number of hydrogen-bond donors (Lipinski definition) is 2. The van der Waals surface area contributed by atoms with E-state index in [2.05, 4.69) is 20.7 Å². The molecule has 5 nitrogen and oxygen atoms in total. The number of rotatable bonds is 6. The second-order valence-corrected chi connectivity index (χ2v) is 6.97. The fourth-order valence-electron chi connectivity index (χ4n) is 1.71. The van der Waals surface area contributed by atoms with Gasteiger partial charge in [-0.1, -0.05) is 0 Å². The number of aliphatic hydroxyl groups excluding tert-OH is 1. The van der Waals surface area contributed by atoms with Gasteiger partial charge in [-0.2, -0.15) is 0 Å². The van der Waals surface area contributed by atoms with Gasteiger partial charge in [0.1, 0.15) is 5.75 Å². The molecule has 2 unspecified atom stereocenters. The molecule has 0 aliphatic heterocycles. The Kier molecular flexibility index (Phi) is 5.79. The molecule has 0 fully saturated rings. The van der Waals surface area contributed by atoms with Crippen molar-refractivity contribution in [2.75, 3.05) is 7.11 Å². The Morgan fingerprint density at radius 3 is 2.53 bits per heavy atom. The Bertz CT molecular complexity index is 531. The molecule has 0 spiro atoms. The first-order chi connectivity index (χ1) is 8.76. The topological polar surface area (TPSA) is 75.6 Å². The van der Waals surface area contributed by atoms with Gasteiger partial charge in [0.15, 0.2) is 0 Å². The number of halogens is 1. The van der Waals surface area contributed by atoms with Crippen LogP contribution in [0.5, 0.6) is 5.75 Å². The Morgan fingerprint density at radius 2 is 2.05 bits per heavy atom. The monoisotopic (exact) mass is 351 g/mol. The summed E-state index contributed by atoms with van der Waals surface area (Å²) in [7, 11) is -2.09. The molecule has 1 aromatic rings. The lowest BCUT2D eigenvalue weighted by Crippen LogP contribution is -2.34. The zero-order chi connectivity index (χ0) is 14.6. The lowest BCUT2D eigenvalue weighted by Gasteiger charge is -2.16. The smallest absolute Gasteiger partial charge is 0.240 e. The van der Waals surface area contributed by atoms with Crippen molar-refractivity contribution >= 4 is 26.0 Å². The molecule has 0 saturated heterocycles. The van der Waals surface area contributed by atoms with Crippen molar-refractivity contribution in [1.29, 1.82) is 0 Å². The van der Waals surface area contributed by atoms with Crippen LogP contribution in [-0.4, -0.2) is 32.8 Å². The highest BCUT2D eigenvalue weighted by Crippen LogP contribution is 2.27. The van der Waals surface area contributed by atoms with E-state index in [4.69, 9.17) is 4.74 Å². The van der Waals surface area contributed by atoms with Gasteiger partial charge >= 0.3 is 0 Å². The van der Waals surface area contributed by atoms with Crippen LogP contribution in [0.3, 0.4) is 0 Å². The highest BCUT2D eigenvalue weighted by Gasteiger charge is 2.19. The van der Waals surface area contributed by atoms with E-state index in [9.17, 15) is 13.5 Å². The van der Waals surface area contributed by atoms with Gasteiger partial charge in [-0.3, -0.25) is 0 Å². The van der Waals surface area contributed by atoms with E-state index in [0.29, 0.717) is 16.6 Å². The van der Waals surface area contributed by atoms with Crippen molar-refractivity contribution in [1.82, 2.24) is 4.72 Å². The van der Waals surface area contributed by atoms with Gasteiger partial charge in [-0.25, -0.2) is 13.1 Å². The largest absolute Gasteiger partial charge is 0.496 e. The summed E-state index contributed by atoms with van der Waals surface area (Å²) in [5, 5.41) is 9.24. The highest BCUT2D eigenvalue weighted by atomic mass is 79.9. The number of methoxy groups -OCH3 is 1. The summed E-state index contributed by atoms with van der Waals surface area (Å²) in [6.07, 6.45) is -0.198. The zero-order valence-corrected chi connectivity index (χ0v) is 13.5. The molecule has 0 aliphatic carbocycles. The molecule has 2 N–H and O–H groups in total. The zero-order valence-electron chi connectivity index (χ0n) is 11.1. The van der Waals surface area contributed by atoms with Crippen molar-refractivity contribution in [3.63, 3.8) is 0 Å². The molecule has 1 rings (SSSR count). The maximum atomic E-state index is 12.1. The standard InChI is InChI=1S/C12H18BrNO4S/c1-8(6-9(2)15)14-19(16,17)10-4-5-12(18-3)11(13)7-10/h4-5,7-9,14-15H,6H2,1-3H3. The number of aliphatic hydroxyl groups is 1. The molecule has 1 aromatic carbocycles. The predicted octanol–water partition coefficient (Wildman–Crippen LogP) is 1.90. The number of hydrogen-bond acceptors (Lipinski definition) is 4. The summed E-state index contributed by atoms with van der Waals surface area (Å²) >= 11 is 3.25. The number of ether oxygens (including phenoxy) is 1. The molecule has 19 heavy (non-hydrogen) atoms. The van der Waals surface area contributed by atoms with E-state index in [0.717, 1.165) is 0 Å². The van der Waals surface area contributed by atoms with Crippen LogP contribution in [0.2, 0.25) is 0 Å². The molecular formula is C12H18BrNO4S. The van der Waals surface area contributed by atoms with Gasteiger partial charge in [0, 0.05) is 6.04 Å². The van der Waals surface area contributed by atoms with Gasteiger partial charge in [-0.05, 0) is 54.4 Å². The fraction of sp³-hybridized carbons (Fsp3) is 0.500. The molecule has 0 heterocycles. The van der Waals surface area contributed by atoms with E-state index in [1.54, 1.807) is 19.9 Å². The van der Waals surface area contributed by atoms with Crippen molar-refractivity contribution in [3.8, 4) is 5.75 Å². The van der Waals surface area contributed by atoms with Gasteiger partial charge in [-0.15, -0.1) is 0 Å². The maximum Gasteiger partial charge on any atom is 0.240 e. The second kappa shape index (κ2) is 6.69. The van der Waals surface area contributed by atoms with Gasteiger partial charge in [0.25, 0.3) is 0 Å². The summed E-state index contributed by atoms with van der Waals surface area (Å²) < 4.78 is 32.4. The molecule has 2 atom stereocenters. The first-order valence-corrected chi connectivity index (χ1v) is 8.08. The lowest BCUT2D eigenvalue weighted by molar-refractivity contribution is 0.175. The Balaban J connectivity index is 2.91. The van der Waals surface area contributed by atoms with Gasteiger partial charge in [0.2, 0.25) is 10.0 Å². The third-order valence-corrected chi connectivity index (χ3v) is 4.69. The van der Waals surface area contributed by atoms with Crippen molar-refractivity contribution < 1.29 is 18.3 Å². The summed E-state index contributed by atoms with van der Waals surface area (Å²) in [5.41, 5.74) is 0. The van der Waals surface area contributed by atoms with Gasteiger partial charge in [0.05, 0.1) is 22.6 Å².